The molecule has 6 nitrogen and oxygen atoms in total. The topological polar surface area (TPSA) is 53.7 Å². The number of rotatable bonds is 1. The average molecular weight is 399 g/mol. The molecule has 2 saturated heterocycles. The Kier molecular flexibility index (Phi) is 3.72. The van der Waals surface area contributed by atoms with Crippen molar-refractivity contribution < 1.29 is 4.79 Å². The lowest BCUT2D eigenvalue weighted by Gasteiger charge is -2.45. The van der Waals surface area contributed by atoms with Crippen LogP contribution < -0.4 is 0 Å². The van der Waals surface area contributed by atoms with Crippen molar-refractivity contribution in [3.8, 4) is 0 Å². The predicted octanol–water partition coefficient (Wildman–Crippen LogP) is 3.15. The highest BCUT2D eigenvalue weighted by Crippen LogP contribution is 2.35. The van der Waals surface area contributed by atoms with Gasteiger partial charge in [-0.3, -0.25) is 4.40 Å². The number of fused-ring (bicyclic) bond motifs is 2. The van der Waals surface area contributed by atoms with E-state index in [0.29, 0.717) is 22.3 Å². The third-order valence-corrected chi connectivity index (χ3v) is 5.77. The molecule has 2 aliphatic rings. The summed E-state index contributed by atoms with van der Waals surface area (Å²) in [5, 5.41) is 0.431. The van der Waals surface area contributed by atoms with Crippen molar-refractivity contribution in [3.63, 3.8) is 0 Å². The van der Waals surface area contributed by atoms with E-state index in [9.17, 15) is 4.79 Å². The zero-order chi connectivity index (χ0) is 16.1. The molecule has 0 radical (unpaired) electrons. The summed E-state index contributed by atoms with van der Waals surface area (Å²) in [6.45, 7) is 1.56. The second-order valence-corrected chi connectivity index (χ2v) is 7.38. The number of carbonyl (C=O) groups excluding carboxylic acids is 1. The summed E-state index contributed by atoms with van der Waals surface area (Å²) < 4.78 is 2.69. The number of urea groups is 1. The van der Waals surface area contributed by atoms with Gasteiger partial charge < -0.3 is 9.80 Å². The Morgan fingerprint density at radius 3 is 3.00 bits per heavy atom. The smallest absolute Gasteiger partial charge is 0.320 e. The van der Waals surface area contributed by atoms with Gasteiger partial charge in [0.15, 0.2) is 5.15 Å². The summed E-state index contributed by atoms with van der Waals surface area (Å²) in [5.41, 5.74) is 0.786. The zero-order valence-electron chi connectivity index (χ0n) is 12.7. The molecule has 0 saturated carbocycles. The van der Waals surface area contributed by atoms with Crippen LogP contribution in [0, 0.1) is 0 Å². The van der Waals surface area contributed by atoms with Crippen LogP contribution in [0.25, 0.3) is 5.52 Å². The molecule has 0 unspecified atom stereocenters. The highest BCUT2D eigenvalue weighted by molar-refractivity contribution is 9.10. The van der Waals surface area contributed by atoms with E-state index < -0.39 is 0 Å². The molecule has 0 N–H and O–H groups in total. The monoisotopic (exact) mass is 397 g/mol. The number of amides is 2. The number of aromatic nitrogens is 3. The van der Waals surface area contributed by atoms with Gasteiger partial charge in [0.2, 0.25) is 0 Å². The molecule has 23 heavy (non-hydrogen) atoms. The van der Waals surface area contributed by atoms with Crippen LogP contribution in [0.5, 0.6) is 0 Å². The van der Waals surface area contributed by atoms with Gasteiger partial charge >= 0.3 is 6.03 Å². The fourth-order valence-corrected chi connectivity index (χ4v) is 4.61. The van der Waals surface area contributed by atoms with E-state index in [1.165, 1.54) is 0 Å². The van der Waals surface area contributed by atoms with E-state index in [1.807, 2.05) is 22.5 Å². The highest BCUT2D eigenvalue weighted by atomic mass is 79.9. The van der Waals surface area contributed by atoms with Crippen LogP contribution >= 0.6 is 27.5 Å². The van der Waals surface area contributed by atoms with Crippen molar-refractivity contribution in [1.29, 1.82) is 0 Å². The van der Waals surface area contributed by atoms with Crippen LogP contribution in [0.3, 0.4) is 0 Å². The van der Waals surface area contributed by atoms with Crippen molar-refractivity contribution in [2.45, 2.75) is 31.2 Å². The van der Waals surface area contributed by atoms with Gasteiger partial charge in [0.25, 0.3) is 0 Å². The molecule has 0 spiro atoms. The second-order valence-electron chi connectivity index (χ2n) is 6.27. The maximum absolute atomic E-state index is 12.4. The van der Waals surface area contributed by atoms with Crippen LogP contribution in [0.2, 0.25) is 5.15 Å². The minimum absolute atomic E-state index is 0.130. The Hall–Kier alpha value is -1.34. The molecule has 0 bridgehead atoms. The van der Waals surface area contributed by atoms with E-state index in [0.717, 1.165) is 37.1 Å². The van der Waals surface area contributed by atoms with Gasteiger partial charge in [0.1, 0.15) is 15.9 Å². The largest absolute Gasteiger partial charge is 0.328 e. The van der Waals surface area contributed by atoms with Gasteiger partial charge in [-0.15, -0.1) is 0 Å². The standard InChI is InChI=1S/C15H17BrClN5O/c1-20-6-4-10-3-2-9(8-22(10)15(20)23)14-19-12(16)11-13(17)18-5-7-21(11)14/h5,7,9-10H,2-4,6,8H2,1H3/t9-,10-/m1/s1. The van der Waals surface area contributed by atoms with Crippen LogP contribution in [0.1, 0.15) is 31.0 Å². The molecule has 2 amide bonds. The van der Waals surface area contributed by atoms with Gasteiger partial charge in [-0.1, -0.05) is 11.6 Å². The van der Waals surface area contributed by atoms with Crippen LogP contribution in [0.15, 0.2) is 17.0 Å². The first kappa shape index (κ1) is 15.2. The van der Waals surface area contributed by atoms with Crippen LogP contribution in [-0.2, 0) is 0 Å². The summed E-state index contributed by atoms with van der Waals surface area (Å²) in [6, 6.07) is 0.500. The molecule has 8 heteroatoms. The maximum Gasteiger partial charge on any atom is 0.320 e. The third-order valence-electron chi connectivity index (χ3n) is 4.94. The van der Waals surface area contributed by atoms with Crippen molar-refractivity contribution in [2.75, 3.05) is 20.1 Å². The fraction of sp³-hybridized carbons (Fsp3) is 0.533. The Bertz CT molecular complexity index is 779. The third kappa shape index (κ3) is 2.41. The first-order chi connectivity index (χ1) is 11.1. The molecule has 0 aromatic carbocycles. The SMILES string of the molecule is CN1CC[C@H]2CC[C@@H](c3nc(Br)c4c(Cl)nccn34)CN2C1=O. The van der Waals surface area contributed by atoms with Crippen molar-refractivity contribution in [2.24, 2.45) is 0 Å². The number of nitrogens with zero attached hydrogens (tertiary/aromatic N) is 5. The second kappa shape index (κ2) is 5.63. The minimum atomic E-state index is 0.130. The molecular weight excluding hydrogens is 382 g/mol. The maximum atomic E-state index is 12.4. The number of carbonyl (C=O) groups is 1. The number of halogens is 2. The lowest BCUT2D eigenvalue weighted by Crippen LogP contribution is -2.56. The molecule has 2 aliphatic heterocycles. The van der Waals surface area contributed by atoms with Gasteiger partial charge in [-0.2, -0.15) is 0 Å². The van der Waals surface area contributed by atoms with Gasteiger partial charge in [0, 0.05) is 44.5 Å². The molecule has 2 aromatic heterocycles. The molecule has 4 heterocycles. The molecular formula is C15H17BrClN5O. The summed E-state index contributed by atoms with van der Waals surface area (Å²) in [5.74, 6) is 1.15. The van der Waals surface area contributed by atoms with Gasteiger partial charge in [0.05, 0.1) is 0 Å². The van der Waals surface area contributed by atoms with Crippen LogP contribution in [0.4, 0.5) is 4.79 Å². The van der Waals surface area contributed by atoms with Crippen molar-refractivity contribution in [1.82, 2.24) is 24.2 Å². The zero-order valence-corrected chi connectivity index (χ0v) is 15.1. The van der Waals surface area contributed by atoms with E-state index in [4.69, 9.17) is 11.6 Å². The molecule has 2 aromatic rings. The van der Waals surface area contributed by atoms with E-state index >= 15 is 0 Å². The Morgan fingerprint density at radius 1 is 1.35 bits per heavy atom. The molecule has 0 aliphatic carbocycles. The first-order valence-corrected chi connectivity index (χ1v) is 8.93. The Labute approximate surface area is 147 Å². The summed E-state index contributed by atoms with van der Waals surface area (Å²) in [6.07, 6.45) is 6.67. The normalized spacial score (nSPS) is 25.1. The van der Waals surface area contributed by atoms with E-state index in [2.05, 4.69) is 25.9 Å². The van der Waals surface area contributed by atoms with Crippen molar-refractivity contribution in [3.05, 3.63) is 28.0 Å². The summed E-state index contributed by atoms with van der Waals surface area (Å²) in [4.78, 5) is 25.0. The number of imidazole rings is 1. The lowest BCUT2D eigenvalue weighted by atomic mass is 9.89. The quantitative estimate of drug-likeness (QED) is 0.741. The summed E-state index contributed by atoms with van der Waals surface area (Å²) in [7, 11) is 1.87. The number of hydrogen-bond donors (Lipinski definition) is 0. The minimum Gasteiger partial charge on any atom is -0.328 e. The highest BCUT2D eigenvalue weighted by Gasteiger charge is 2.38. The molecule has 122 valence electrons. The molecule has 2 atom stereocenters. The Balaban J connectivity index is 1.69. The van der Waals surface area contributed by atoms with Crippen LogP contribution in [-0.4, -0.2) is 56.4 Å². The molecule has 4 rings (SSSR count). The lowest BCUT2D eigenvalue weighted by molar-refractivity contribution is 0.0805. The van der Waals surface area contributed by atoms with Gasteiger partial charge in [-0.05, 0) is 35.2 Å². The van der Waals surface area contributed by atoms with Crippen molar-refractivity contribution >= 4 is 39.1 Å². The first-order valence-electron chi connectivity index (χ1n) is 7.76. The molecule has 2 fully saturated rings. The number of piperidine rings is 1. The fourth-order valence-electron chi connectivity index (χ4n) is 3.70. The van der Waals surface area contributed by atoms with E-state index in [-0.39, 0.29) is 11.9 Å². The van der Waals surface area contributed by atoms with E-state index in [1.54, 1.807) is 11.1 Å². The Morgan fingerprint density at radius 2 is 2.17 bits per heavy atom. The average Bonchev–Trinajstić information content (AvgIpc) is 2.89. The van der Waals surface area contributed by atoms with Gasteiger partial charge in [-0.25, -0.2) is 14.8 Å². The summed E-state index contributed by atoms with van der Waals surface area (Å²) >= 11 is 9.67. The number of hydrogen-bond acceptors (Lipinski definition) is 3. The predicted molar refractivity (Wildman–Crippen MR) is 90.8 cm³/mol.